The quantitative estimate of drug-likeness (QED) is 0.595. The SMILES string of the molecule is O=C(O)CN1CCCC1=S. The molecule has 1 saturated heterocycles. The second-order valence-corrected chi connectivity index (χ2v) is 2.78. The standard InChI is InChI=1S/C6H9NO2S/c8-6(9)4-7-3-1-2-5(7)10/h1-4H2,(H,8,9). The van der Waals surface area contributed by atoms with Gasteiger partial charge in [0.2, 0.25) is 0 Å². The Morgan fingerprint density at radius 1 is 1.80 bits per heavy atom. The molecule has 0 radical (unpaired) electrons. The summed E-state index contributed by atoms with van der Waals surface area (Å²) in [5.74, 6) is -0.802. The van der Waals surface area contributed by atoms with Crippen molar-refractivity contribution >= 4 is 23.2 Å². The van der Waals surface area contributed by atoms with Crippen molar-refractivity contribution in [1.29, 1.82) is 0 Å². The molecule has 56 valence electrons. The molecule has 0 atom stereocenters. The summed E-state index contributed by atoms with van der Waals surface area (Å²) < 4.78 is 0. The van der Waals surface area contributed by atoms with Gasteiger partial charge >= 0.3 is 5.97 Å². The van der Waals surface area contributed by atoms with Gasteiger partial charge in [0.1, 0.15) is 6.54 Å². The topological polar surface area (TPSA) is 40.5 Å². The monoisotopic (exact) mass is 159 g/mol. The van der Waals surface area contributed by atoms with Gasteiger partial charge in [-0.15, -0.1) is 0 Å². The maximum absolute atomic E-state index is 10.2. The summed E-state index contributed by atoms with van der Waals surface area (Å²) in [6.07, 6.45) is 1.88. The van der Waals surface area contributed by atoms with Crippen LogP contribution in [0.4, 0.5) is 0 Å². The zero-order valence-corrected chi connectivity index (χ0v) is 6.36. The number of carbonyl (C=O) groups is 1. The van der Waals surface area contributed by atoms with Gasteiger partial charge in [0.15, 0.2) is 0 Å². The lowest BCUT2D eigenvalue weighted by Gasteiger charge is -2.13. The summed E-state index contributed by atoms with van der Waals surface area (Å²) in [5.41, 5.74) is 0. The number of thiocarbonyl (C=S) groups is 1. The van der Waals surface area contributed by atoms with Crippen LogP contribution in [-0.4, -0.2) is 34.1 Å². The molecule has 4 heteroatoms. The van der Waals surface area contributed by atoms with Crippen LogP contribution in [0.3, 0.4) is 0 Å². The van der Waals surface area contributed by atoms with Gasteiger partial charge in [-0.05, 0) is 12.8 Å². The van der Waals surface area contributed by atoms with Crippen LogP contribution in [0.5, 0.6) is 0 Å². The van der Waals surface area contributed by atoms with E-state index in [-0.39, 0.29) is 6.54 Å². The minimum Gasteiger partial charge on any atom is -0.480 e. The van der Waals surface area contributed by atoms with Crippen molar-refractivity contribution in [1.82, 2.24) is 4.90 Å². The van der Waals surface area contributed by atoms with Crippen LogP contribution >= 0.6 is 12.2 Å². The van der Waals surface area contributed by atoms with Gasteiger partial charge < -0.3 is 10.0 Å². The molecule has 0 aliphatic carbocycles. The predicted molar refractivity (Wildman–Crippen MR) is 41.0 cm³/mol. The summed E-state index contributed by atoms with van der Waals surface area (Å²) in [6, 6.07) is 0. The first kappa shape index (κ1) is 7.47. The highest BCUT2D eigenvalue weighted by molar-refractivity contribution is 7.80. The van der Waals surface area contributed by atoms with Crippen LogP contribution in [0.2, 0.25) is 0 Å². The molecule has 1 aliphatic rings. The Balaban J connectivity index is 2.40. The van der Waals surface area contributed by atoms with Gasteiger partial charge in [-0.25, -0.2) is 0 Å². The lowest BCUT2D eigenvalue weighted by molar-refractivity contribution is -0.137. The van der Waals surface area contributed by atoms with E-state index < -0.39 is 5.97 Å². The number of likely N-dealkylation sites (tertiary alicyclic amines) is 1. The summed E-state index contributed by atoms with van der Waals surface area (Å²) in [4.78, 5) is 12.7. The first-order valence-electron chi connectivity index (χ1n) is 3.20. The summed E-state index contributed by atoms with van der Waals surface area (Å²) >= 11 is 4.92. The highest BCUT2D eigenvalue weighted by atomic mass is 32.1. The Bertz CT molecular complexity index is 169. The van der Waals surface area contributed by atoms with Crippen molar-refractivity contribution in [3.8, 4) is 0 Å². The average Bonchev–Trinajstić information content (AvgIpc) is 2.15. The molecule has 3 nitrogen and oxygen atoms in total. The number of carboxylic acid groups (broad SMARTS) is 1. The Hall–Kier alpha value is -0.640. The Labute approximate surface area is 64.6 Å². The molecule has 0 spiro atoms. The van der Waals surface area contributed by atoms with Crippen LogP contribution in [0.25, 0.3) is 0 Å². The molecule has 1 aliphatic heterocycles. The van der Waals surface area contributed by atoms with E-state index in [4.69, 9.17) is 17.3 Å². The number of aliphatic carboxylic acids is 1. The van der Waals surface area contributed by atoms with Crippen molar-refractivity contribution in [2.45, 2.75) is 12.8 Å². The van der Waals surface area contributed by atoms with E-state index in [2.05, 4.69) is 0 Å². The van der Waals surface area contributed by atoms with E-state index >= 15 is 0 Å². The molecule has 0 saturated carbocycles. The molecule has 10 heavy (non-hydrogen) atoms. The van der Waals surface area contributed by atoms with Crippen LogP contribution in [0.1, 0.15) is 12.8 Å². The van der Waals surface area contributed by atoms with E-state index in [1.165, 1.54) is 0 Å². The predicted octanol–water partition coefficient (Wildman–Crippen LogP) is 0.494. The number of rotatable bonds is 2. The summed E-state index contributed by atoms with van der Waals surface area (Å²) in [7, 11) is 0. The van der Waals surface area contributed by atoms with Gasteiger partial charge in [-0.3, -0.25) is 4.79 Å². The number of hydrogen-bond acceptors (Lipinski definition) is 2. The summed E-state index contributed by atoms with van der Waals surface area (Å²) in [6.45, 7) is 0.879. The molecule has 0 bridgehead atoms. The molecule has 0 amide bonds. The molecule has 1 rings (SSSR count). The Kier molecular flexibility index (Phi) is 2.21. The van der Waals surface area contributed by atoms with E-state index in [0.29, 0.717) is 0 Å². The molecular formula is C6H9NO2S. The molecule has 1 N–H and O–H groups in total. The lowest BCUT2D eigenvalue weighted by atomic mass is 10.4. The first-order chi connectivity index (χ1) is 4.70. The average molecular weight is 159 g/mol. The largest absolute Gasteiger partial charge is 0.480 e. The van der Waals surface area contributed by atoms with Crippen LogP contribution in [-0.2, 0) is 4.79 Å². The van der Waals surface area contributed by atoms with Crippen LogP contribution in [0.15, 0.2) is 0 Å². The maximum atomic E-state index is 10.2. The van der Waals surface area contributed by atoms with Gasteiger partial charge in [0, 0.05) is 6.54 Å². The summed E-state index contributed by atoms with van der Waals surface area (Å²) in [5, 5.41) is 8.39. The fourth-order valence-corrected chi connectivity index (χ4v) is 1.33. The van der Waals surface area contributed by atoms with Crippen LogP contribution < -0.4 is 0 Å². The van der Waals surface area contributed by atoms with Crippen molar-refractivity contribution in [3.63, 3.8) is 0 Å². The van der Waals surface area contributed by atoms with Crippen molar-refractivity contribution in [2.24, 2.45) is 0 Å². The highest BCUT2D eigenvalue weighted by Gasteiger charge is 2.18. The third-order valence-corrected chi connectivity index (χ3v) is 1.96. The number of hydrogen-bond donors (Lipinski definition) is 1. The van der Waals surface area contributed by atoms with Crippen molar-refractivity contribution in [2.75, 3.05) is 13.1 Å². The number of carboxylic acids is 1. The van der Waals surface area contributed by atoms with Crippen LogP contribution in [0, 0.1) is 0 Å². The smallest absolute Gasteiger partial charge is 0.323 e. The van der Waals surface area contributed by atoms with Gasteiger partial charge in [0.05, 0.1) is 4.99 Å². The molecule has 1 heterocycles. The molecule has 1 fully saturated rings. The zero-order chi connectivity index (χ0) is 7.56. The van der Waals surface area contributed by atoms with Crippen molar-refractivity contribution in [3.05, 3.63) is 0 Å². The fraction of sp³-hybridized carbons (Fsp3) is 0.667. The first-order valence-corrected chi connectivity index (χ1v) is 3.60. The molecular weight excluding hydrogens is 150 g/mol. The third-order valence-electron chi connectivity index (χ3n) is 1.50. The molecule has 0 unspecified atom stereocenters. The van der Waals surface area contributed by atoms with E-state index in [1.54, 1.807) is 4.90 Å². The second-order valence-electron chi connectivity index (χ2n) is 2.31. The molecule has 0 aromatic carbocycles. The van der Waals surface area contributed by atoms with E-state index in [0.717, 1.165) is 24.4 Å². The maximum Gasteiger partial charge on any atom is 0.323 e. The minimum atomic E-state index is -0.802. The lowest BCUT2D eigenvalue weighted by Crippen LogP contribution is -2.29. The van der Waals surface area contributed by atoms with Gasteiger partial charge in [0.25, 0.3) is 0 Å². The molecule has 0 aromatic rings. The Morgan fingerprint density at radius 3 is 2.90 bits per heavy atom. The van der Waals surface area contributed by atoms with E-state index in [9.17, 15) is 4.79 Å². The minimum absolute atomic E-state index is 0.0683. The third kappa shape index (κ3) is 1.67. The normalized spacial score (nSPS) is 18.0. The fourth-order valence-electron chi connectivity index (χ4n) is 1.03. The second kappa shape index (κ2) is 2.96. The highest BCUT2D eigenvalue weighted by Crippen LogP contribution is 2.10. The zero-order valence-electron chi connectivity index (χ0n) is 5.54. The van der Waals surface area contributed by atoms with Gasteiger partial charge in [-0.1, -0.05) is 12.2 Å². The van der Waals surface area contributed by atoms with Gasteiger partial charge in [-0.2, -0.15) is 0 Å². The molecule has 0 aromatic heterocycles. The van der Waals surface area contributed by atoms with E-state index in [1.807, 2.05) is 0 Å². The number of nitrogens with zero attached hydrogens (tertiary/aromatic N) is 1. The Morgan fingerprint density at radius 2 is 2.50 bits per heavy atom. The van der Waals surface area contributed by atoms with Crippen molar-refractivity contribution < 1.29 is 9.90 Å².